The standard InChI is InChI=1S/C24H44O/c1-21-11-10-14-23(19-21)13-9-7-5-3-2-4-6-8-12-22-15-17-24(20-25)18-16-22/h20-24H,2-19H2,1H3. The van der Waals surface area contributed by atoms with Gasteiger partial charge >= 0.3 is 0 Å². The summed E-state index contributed by atoms with van der Waals surface area (Å²) in [5.74, 6) is 3.38. The molecular weight excluding hydrogens is 304 g/mol. The number of hydrogen-bond acceptors (Lipinski definition) is 1. The van der Waals surface area contributed by atoms with Gasteiger partial charge in [-0.25, -0.2) is 0 Å². The average Bonchev–Trinajstić information content (AvgIpc) is 2.64. The zero-order valence-electron chi connectivity index (χ0n) is 17.0. The number of carbonyl (C=O) groups excluding carboxylic acids is 1. The summed E-state index contributed by atoms with van der Waals surface area (Å²) >= 11 is 0. The first-order chi connectivity index (χ1) is 12.3. The second-order valence-electron chi connectivity index (χ2n) is 9.46. The van der Waals surface area contributed by atoms with Crippen LogP contribution in [0, 0.1) is 23.7 Å². The van der Waals surface area contributed by atoms with E-state index in [1.807, 2.05) is 0 Å². The molecule has 2 aliphatic carbocycles. The first kappa shape index (κ1) is 21.0. The molecule has 25 heavy (non-hydrogen) atoms. The molecule has 2 unspecified atom stereocenters. The van der Waals surface area contributed by atoms with Crippen molar-refractivity contribution in [1.82, 2.24) is 0 Å². The lowest BCUT2D eigenvalue weighted by Crippen LogP contribution is -2.15. The zero-order chi connectivity index (χ0) is 17.7. The highest BCUT2D eigenvalue weighted by atomic mass is 16.1. The molecule has 0 aliphatic heterocycles. The van der Waals surface area contributed by atoms with Gasteiger partial charge in [0.05, 0.1) is 0 Å². The fourth-order valence-corrected chi connectivity index (χ4v) is 5.36. The summed E-state index contributed by atoms with van der Waals surface area (Å²) in [5, 5.41) is 0. The first-order valence-electron chi connectivity index (χ1n) is 11.7. The van der Waals surface area contributed by atoms with Crippen LogP contribution in [-0.4, -0.2) is 6.29 Å². The quantitative estimate of drug-likeness (QED) is 0.260. The maximum atomic E-state index is 10.8. The van der Waals surface area contributed by atoms with E-state index in [1.54, 1.807) is 0 Å². The molecule has 2 aliphatic rings. The van der Waals surface area contributed by atoms with Gasteiger partial charge < -0.3 is 4.79 Å². The lowest BCUT2D eigenvalue weighted by Gasteiger charge is -2.26. The van der Waals surface area contributed by atoms with Crippen LogP contribution in [0.5, 0.6) is 0 Å². The van der Waals surface area contributed by atoms with Crippen molar-refractivity contribution >= 4 is 6.29 Å². The number of hydrogen-bond donors (Lipinski definition) is 0. The summed E-state index contributed by atoms with van der Waals surface area (Å²) in [6.07, 6.45) is 26.7. The topological polar surface area (TPSA) is 17.1 Å². The van der Waals surface area contributed by atoms with Gasteiger partial charge in [-0.2, -0.15) is 0 Å². The highest BCUT2D eigenvalue weighted by Crippen LogP contribution is 2.32. The van der Waals surface area contributed by atoms with Crippen LogP contribution in [0.4, 0.5) is 0 Å². The van der Waals surface area contributed by atoms with E-state index in [0.717, 1.165) is 30.6 Å². The molecule has 2 saturated carbocycles. The Hall–Kier alpha value is -0.330. The Morgan fingerprint density at radius 3 is 1.80 bits per heavy atom. The number of carbonyl (C=O) groups is 1. The van der Waals surface area contributed by atoms with E-state index in [-0.39, 0.29) is 0 Å². The van der Waals surface area contributed by atoms with Gasteiger partial charge in [0.1, 0.15) is 6.29 Å². The molecule has 1 nitrogen and oxygen atoms in total. The highest BCUT2D eigenvalue weighted by molar-refractivity contribution is 5.53. The zero-order valence-corrected chi connectivity index (χ0v) is 17.0. The molecule has 146 valence electrons. The monoisotopic (exact) mass is 348 g/mol. The molecule has 0 aromatic carbocycles. The van der Waals surface area contributed by atoms with Crippen molar-refractivity contribution in [1.29, 1.82) is 0 Å². The van der Waals surface area contributed by atoms with Crippen LogP contribution in [-0.2, 0) is 4.79 Å². The maximum absolute atomic E-state index is 10.8. The SMILES string of the molecule is CC1CCCC(CCCCCCCCCCC2CCC(C=O)CC2)C1. The van der Waals surface area contributed by atoms with Crippen LogP contribution in [0.25, 0.3) is 0 Å². The fraction of sp³-hybridized carbons (Fsp3) is 0.958. The minimum atomic E-state index is 0.387. The molecular formula is C24H44O. The van der Waals surface area contributed by atoms with E-state index in [0.29, 0.717) is 5.92 Å². The minimum Gasteiger partial charge on any atom is -0.303 e. The molecule has 2 fully saturated rings. The van der Waals surface area contributed by atoms with E-state index in [4.69, 9.17) is 0 Å². The third kappa shape index (κ3) is 9.25. The Kier molecular flexibility index (Phi) is 10.9. The Bertz CT molecular complexity index is 329. The normalized spacial score (nSPS) is 30.3. The molecule has 0 N–H and O–H groups in total. The number of unbranched alkanes of at least 4 members (excludes halogenated alkanes) is 7. The Labute approximate surface area is 157 Å². The average molecular weight is 349 g/mol. The molecule has 2 atom stereocenters. The fourth-order valence-electron chi connectivity index (χ4n) is 5.36. The van der Waals surface area contributed by atoms with Crippen molar-refractivity contribution in [2.45, 2.75) is 122 Å². The summed E-state index contributed by atoms with van der Waals surface area (Å²) in [4.78, 5) is 10.8. The van der Waals surface area contributed by atoms with Gasteiger partial charge in [0, 0.05) is 5.92 Å². The molecule has 0 bridgehead atoms. The van der Waals surface area contributed by atoms with E-state index in [2.05, 4.69) is 6.92 Å². The third-order valence-corrected chi connectivity index (χ3v) is 7.10. The smallest absolute Gasteiger partial charge is 0.123 e. The molecule has 0 aromatic rings. The summed E-state index contributed by atoms with van der Waals surface area (Å²) in [7, 11) is 0. The maximum Gasteiger partial charge on any atom is 0.123 e. The van der Waals surface area contributed by atoms with Crippen molar-refractivity contribution in [2.75, 3.05) is 0 Å². The molecule has 0 aromatic heterocycles. The van der Waals surface area contributed by atoms with Crippen molar-refractivity contribution in [3.63, 3.8) is 0 Å². The Morgan fingerprint density at radius 2 is 1.24 bits per heavy atom. The lowest BCUT2D eigenvalue weighted by atomic mass is 9.80. The van der Waals surface area contributed by atoms with Crippen molar-refractivity contribution < 1.29 is 4.79 Å². The highest BCUT2D eigenvalue weighted by Gasteiger charge is 2.20. The van der Waals surface area contributed by atoms with Crippen LogP contribution in [0.15, 0.2) is 0 Å². The third-order valence-electron chi connectivity index (χ3n) is 7.10. The molecule has 0 radical (unpaired) electrons. The van der Waals surface area contributed by atoms with E-state index in [9.17, 15) is 4.79 Å². The molecule has 1 heteroatoms. The van der Waals surface area contributed by atoms with Gasteiger partial charge in [0.2, 0.25) is 0 Å². The van der Waals surface area contributed by atoms with E-state index >= 15 is 0 Å². The Morgan fingerprint density at radius 1 is 0.680 bits per heavy atom. The van der Waals surface area contributed by atoms with E-state index < -0.39 is 0 Å². The van der Waals surface area contributed by atoms with Crippen molar-refractivity contribution in [3.8, 4) is 0 Å². The van der Waals surface area contributed by atoms with Gasteiger partial charge in [-0.1, -0.05) is 90.4 Å². The summed E-state index contributed by atoms with van der Waals surface area (Å²) in [5.41, 5.74) is 0. The Balaban J connectivity index is 1.32. The predicted octanol–water partition coefficient (Wildman–Crippen LogP) is 7.72. The van der Waals surface area contributed by atoms with Gasteiger partial charge in [0.25, 0.3) is 0 Å². The predicted molar refractivity (Wildman–Crippen MR) is 109 cm³/mol. The van der Waals surface area contributed by atoms with Crippen LogP contribution >= 0.6 is 0 Å². The molecule has 2 rings (SSSR count). The summed E-state index contributed by atoms with van der Waals surface area (Å²) in [6.45, 7) is 2.45. The molecule has 0 amide bonds. The second kappa shape index (κ2) is 12.9. The van der Waals surface area contributed by atoms with Crippen molar-refractivity contribution in [2.24, 2.45) is 23.7 Å². The first-order valence-corrected chi connectivity index (χ1v) is 11.7. The summed E-state index contributed by atoms with van der Waals surface area (Å²) < 4.78 is 0. The number of aldehydes is 1. The minimum absolute atomic E-state index is 0.387. The molecule has 0 heterocycles. The molecule has 0 spiro atoms. The van der Waals surface area contributed by atoms with E-state index in [1.165, 1.54) is 109 Å². The molecule has 0 saturated heterocycles. The van der Waals surface area contributed by atoms with Crippen LogP contribution in [0.2, 0.25) is 0 Å². The van der Waals surface area contributed by atoms with Gasteiger partial charge in [-0.15, -0.1) is 0 Å². The summed E-state index contributed by atoms with van der Waals surface area (Å²) in [6, 6.07) is 0. The van der Waals surface area contributed by atoms with Gasteiger partial charge in [0.15, 0.2) is 0 Å². The number of rotatable bonds is 12. The van der Waals surface area contributed by atoms with Crippen LogP contribution < -0.4 is 0 Å². The lowest BCUT2D eigenvalue weighted by molar-refractivity contribution is -0.112. The van der Waals surface area contributed by atoms with Crippen molar-refractivity contribution in [3.05, 3.63) is 0 Å². The van der Waals surface area contributed by atoms with Crippen LogP contribution in [0.3, 0.4) is 0 Å². The van der Waals surface area contributed by atoms with Gasteiger partial charge in [-0.05, 0) is 49.9 Å². The van der Waals surface area contributed by atoms with Crippen LogP contribution in [0.1, 0.15) is 122 Å². The largest absolute Gasteiger partial charge is 0.303 e. The second-order valence-corrected chi connectivity index (χ2v) is 9.46. The van der Waals surface area contributed by atoms with Gasteiger partial charge in [-0.3, -0.25) is 0 Å².